The van der Waals surface area contributed by atoms with Crippen molar-refractivity contribution in [3.63, 3.8) is 0 Å². The number of amides is 2. The third-order valence-corrected chi connectivity index (χ3v) is 7.64. The Morgan fingerprint density at radius 1 is 1.10 bits per heavy atom. The molecule has 0 saturated carbocycles. The van der Waals surface area contributed by atoms with E-state index in [1.165, 1.54) is 0 Å². The number of fused-ring (bicyclic) bond motifs is 3. The summed E-state index contributed by atoms with van der Waals surface area (Å²) in [6.07, 6.45) is 7.94. The van der Waals surface area contributed by atoms with Gasteiger partial charge in [0.05, 0.1) is 48.0 Å². The molecule has 0 spiro atoms. The summed E-state index contributed by atoms with van der Waals surface area (Å²) in [7, 11) is 0. The predicted molar refractivity (Wildman–Crippen MR) is 150 cm³/mol. The minimum atomic E-state index is -0.515. The van der Waals surface area contributed by atoms with Crippen LogP contribution in [0.2, 0.25) is 0 Å². The van der Waals surface area contributed by atoms with Gasteiger partial charge in [-0.3, -0.25) is 19.6 Å². The average Bonchev–Trinajstić information content (AvgIpc) is 3.75. The maximum absolute atomic E-state index is 13.7. The van der Waals surface area contributed by atoms with Crippen LogP contribution in [0.5, 0.6) is 0 Å². The number of furan rings is 1. The zero-order valence-electron chi connectivity index (χ0n) is 22.8. The Balaban J connectivity index is 1.42. The highest BCUT2D eigenvalue weighted by molar-refractivity contribution is 6.11. The normalized spacial score (nSPS) is 15.5. The molecule has 9 heteroatoms. The molecule has 2 aliphatic rings. The van der Waals surface area contributed by atoms with Gasteiger partial charge in [0.15, 0.2) is 0 Å². The Morgan fingerprint density at radius 2 is 1.95 bits per heavy atom. The molecule has 5 heterocycles. The van der Waals surface area contributed by atoms with Gasteiger partial charge in [-0.05, 0) is 74.1 Å². The Kier molecular flexibility index (Phi) is 7.33. The molecule has 9 nitrogen and oxygen atoms in total. The van der Waals surface area contributed by atoms with Gasteiger partial charge < -0.3 is 19.4 Å². The second-order valence-electron chi connectivity index (χ2n) is 10.1. The minimum absolute atomic E-state index is 0.101. The second kappa shape index (κ2) is 11.4. The van der Waals surface area contributed by atoms with Gasteiger partial charge in [0.1, 0.15) is 5.76 Å². The van der Waals surface area contributed by atoms with Crippen molar-refractivity contribution < 1.29 is 23.5 Å². The highest BCUT2D eigenvalue weighted by atomic mass is 16.5. The van der Waals surface area contributed by atoms with Crippen molar-refractivity contribution in [3.8, 4) is 11.1 Å². The molecule has 1 N–H and O–H groups in total. The predicted octanol–water partition coefficient (Wildman–Crippen LogP) is 4.92. The van der Waals surface area contributed by atoms with E-state index in [0.717, 1.165) is 24.1 Å². The summed E-state index contributed by atoms with van der Waals surface area (Å²) in [5.74, 6) is -0.236. The van der Waals surface area contributed by atoms with Crippen LogP contribution < -0.4 is 5.32 Å². The lowest BCUT2D eigenvalue weighted by molar-refractivity contribution is 0.0525. The van der Waals surface area contributed by atoms with E-state index >= 15 is 0 Å². The van der Waals surface area contributed by atoms with Crippen LogP contribution in [0.15, 0.2) is 71.6 Å². The lowest BCUT2D eigenvalue weighted by Crippen LogP contribution is -2.23. The molecule has 4 aromatic rings. The fourth-order valence-corrected chi connectivity index (χ4v) is 5.72. The lowest BCUT2D eigenvalue weighted by Gasteiger charge is -2.18. The van der Waals surface area contributed by atoms with Crippen LogP contribution in [-0.4, -0.2) is 45.8 Å². The summed E-state index contributed by atoms with van der Waals surface area (Å²) in [4.78, 5) is 51.1. The highest BCUT2D eigenvalue weighted by Crippen LogP contribution is 2.45. The van der Waals surface area contributed by atoms with Gasteiger partial charge in [0.2, 0.25) is 0 Å². The Hall–Kier alpha value is -4.79. The number of esters is 1. The van der Waals surface area contributed by atoms with Crippen molar-refractivity contribution in [1.82, 2.24) is 20.2 Å². The van der Waals surface area contributed by atoms with Crippen LogP contribution in [0, 0.1) is 0 Å². The summed E-state index contributed by atoms with van der Waals surface area (Å²) in [6, 6.07) is 14.3. The standard InChI is InChI=1S/C32H30N4O5/c1-2-40-32(39)27-24(14-9-20-6-3-15-33-18-20)35-29-25-8-4-16-36(25)31(38)28(29)26(27)21-10-12-22(13-11-21)30(37)34-19-23-7-5-17-41-23/h3,5-7,10-13,15,17-18,25H,2,4,8-9,14,16,19H2,1H3,(H,34,37)/t25-/m0/s1. The van der Waals surface area contributed by atoms with Crippen LogP contribution in [0.1, 0.15) is 79.6 Å². The number of carbonyl (C=O) groups excluding carboxylic acids is 3. The van der Waals surface area contributed by atoms with Crippen molar-refractivity contribution >= 4 is 17.8 Å². The molecule has 1 atom stereocenters. The van der Waals surface area contributed by atoms with Crippen LogP contribution >= 0.6 is 0 Å². The number of hydrogen-bond acceptors (Lipinski definition) is 7. The first-order valence-corrected chi connectivity index (χ1v) is 13.9. The minimum Gasteiger partial charge on any atom is -0.467 e. The molecule has 1 aromatic carbocycles. The molecule has 0 aliphatic carbocycles. The molecule has 1 fully saturated rings. The van der Waals surface area contributed by atoms with Gasteiger partial charge in [-0.25, -0.2) is 4.79 Å². The molecule has 208 valence electrons. The third kappa shape index (κ3) is 5.11. The van der Waals surface area contributed by atoms with Gasteiger partial charge in [-0.2, -0.15) is 0 Å². The Bertz CT molecular complexity index is 1580. The largest absolute Gasteiger partial charge is 0.467 e. The summed E-state index contributed by atoms with van der Waals surface area (Å²) in [5.41, 5.74) is 4.74. The smallest absolute Gasteiger partial charge is 0.340 e. The first kappa shape index (κ1) is 26.4. The molecule has 2 aliphatic heterocycles. The van der Waals surface area contributed by atoms with E-state index in [-0.39, 0.29) is 31.0 Å². The van der Waals surface area contributed by atoms with E-state index in [1.54, 1.807) is 62.0 Å². The molecular weight excluding hydrogens is 520 g/mol. The fourth-order valence-electron chi connectivity index (χ4n) is 5.72. The first-order valence-electron chi connectivity index (χ1n) is 13.9. The molecule has 6 rings (SSSR count). The molecule has 0 unspecified atom stereocenters. The van der Waals surface area contributed by atoms with E-state index in [0.29, 0.717) is 58.7 Å². The van der Waals surface area contributed by atoms with E-state index in [9.17, 15) is 14.4 Å². The van der Waals surface area contributed by atoms with Crippen LogP contribution in [0.4, 0.5) is 0 Å². The summed E-state index contributed by atoms with van der Waals surface area (Å²) in [6.45, 7) is 2.87. The number of aromatic nitrogens is 2. The molecular formula is C32H30N4O5. The SMILES string of the molecule is CCOC(=O)c1c(CCc2cccnc2)nc2c(c1-c1ccc(C(=O)NCc3ccco3)cc1)C(=O)N1CCC[C@@H]21. The van der Waals surface area contributed by atoms with Crippen molar-refractivity contribution in [2.45, 2.75) is 45.2 Å². The Labute approximate surface area is 237 Å². The summed E-state index contributed by atoms with van der Waals surface area (Å²) < 4.78 is 10.8. The quantitative estimate of drug-likeness (QED) is 0.294. The molecule has 3 aromatic heterocycles. The number of nitrogens with zero attached hydrogens (tertiary/aromatic N) is 3. The number of aryl methyl sites for hydroxylation is 2. The Morgan fingerprint density at radius 3 is 2.68 bits per heavy atom. The van der Waals surface area contributed by atoms with Gasteiger partial charge in [0, 0.05) is 30.1 Å². The topological polar surface area (TPSA) is 115 Å². The maximum Gasteiger partial charge on any atom is 0.340 e. The van der Waals surface area contributed by atoms with E-state index in [4.69, 9.17) is 14.1 Å². The third-order valence-electron chi connectivity index (χ3n) is 7.64. The maximum atomic E-state index is 13.7. The van der Waals surface area contributed by atoms with Crippen LogP contribution in [0.25, 0.3) is 11.1 Å². The highest BCUT2D eigenvalue weighted by Gasteiger charge is 2.44. The number of nitrogens with one attached hydrogen (secondary N) is 1. The summed E-state index contributed by atoms with van der Waals surface area (Å²) >= 11 is 0. The molecule has 2 amide bonds. The number of rotatable bonds is 9. The van der Waals surface area contributed by atoms with Crippen LogP contribution in [-0.2, 0) is 24.1 Å². The van der Waals surface area contributed by atoms with E-state index < -0.39 is 5.97 Å². The van der Waals surface area contributed by atoms with Gasteiger partial charge >= 0.3 is 5.97 Å². The number of benzene rings is 1. The van der Waals surface area contributed by atoms with Crippen molar-refractivity contribution in [3.05, 3.63) is 107 Å². The number of hydrogen-bond donors (Lipinski definition) is 1. The van der Waals surface area contributed by atoms with Crippen molar-refractivity contribution in [2.75, 3.05) is 13.2 Å². The fraction of sp³-hybridized carbons (Fsp3) is 0.281. The molecule has 1 saturated heterocycles. The van der Waals surface area contributed by atoms with Crippen molar-refractivity contribution in [2.24, 2.45) is 0 Å². The molecule has 0 radical (unpaired) electrons. The van der Waals surface area contributed by atoms with Gasteiger partial charge in [-0.1, -0.05) is 18.2 Å². The van der Waals surface area contributed by atoms with Crippen LogP contribution in [0.3, 0.4) is 0 Å². The zero-order valence-corrected chi connectivity index (χ0v) is 22.8. The number of pyridine rings is 2. The molecule has 0 bridgehead atoms. The van der Waals surface area contributed by atoms with Gasteiger partial charge in [-0.15, -0.1) is 0 Å². The zero-order chi connectivity index (χ0) is 28.3. The monoisotopic (exact) mass is 550 g/mol. The number of carbonyl (C=O) groups is 3. The number of ether oxygens (including phenoxy) is 1. The van der Waals surface area contributed by atoms with E-state index in [2.05, 4.69) is 10.3 Å². The lowest BCUT2D eigenvalue weighted by atomic mass is 9.89. The average molecular weight is 551 g/mol. The second-order valence-corrected chi connectivity index (χ2v) is 10.1. The van der Waals surface area contributed by atoms with E-state index in [1.807, 2.05) is 17.0 Å². The molecule has 41 heavy (non-hydrogen) atoms. The van der Waals surface area contributed by atoms with Gasteiger partial charge in [0.25, 0.3) is 11.8 Å². The first-order chi connectivity index (χ1) is 20.0. The summed E-state index contributed by atoms with van der Waals surface area (Å²) in [5, 5.41) is 2.84. The van der Waals surface area contributed by atoms with Crippen molar-refractivity contribution in [1.29, 1.82) is 0 Å².